The molecule has 2 aromatic rings. The largest absolute Gasteiger partial charge is 0.325 e. The van der Waals surface area contributed by atoms with Crippen molar-refractivity contribution in [3.05, 3.63) is 71.8 Å². The molecule has 0 aliphatic heterocycles. The predicted molar refractivity (Wildman–Crippen MR) is 123 cm³/mol. The van der Waals surface area contributed by atoms with Crippen LogP contribution in [0.3, 0.4) is 0 Å². The highest BCUT2D eigenvalue weighted by Crippen LogP contribution is 2.20. The number of amides is 2. The third-order valence-corrected chi connectivity index (χ3v) is 5.34. The minimum absolute atomic E-state index is 0.0553. The molecule has 158 valence electrons. The van der Waals surface area contributed by atoms with Gasteiger partial charge < -0.3 is 15.5 Å². The van der Waals surface area contributed by atoms with E-state index in [9.17, 15) is 9.59 Å². The van der Waals surface area contributed by atoms with E-state index in [0.717, 1.165) is 18.7 Å². The Morgan fingerprint density at radius 2 is 1.77 bits per heavy atom. The van der Waals surface area contributed by atoms with Gasteiger partial charge in [-0.2, -0.15) is 0 Å². The molecule has 0 fully saturated rings. The van der Waals surface area contributed by atoms with Crippen molar-refractivity contribution in [1.82, 2.24) is 5.32 Å². The van der Waals surface area contributed by atoms with Crippen LogP contribution in [0.2, 0.25) is 0 Å². The molecule has 0 atom stereocenters. The Labute approximate surface area is 179 Å². The van der Waals surface area contributed by atoms with Gasteiger partial charge in [-0.3, -0.25) is 9.59 Å². The lowest BCUT2D eigenvalue weighted by molar-refractivity contribution is -0.115. The van der Waals surface area contributed by atoms with E-state index in [1.54, 1.807) is 29.2 Å². The van der Waals surface area contributed by atoms with Crippen LogP contribution >= 0.6 is 0 Å². The van der Waals surface area contributed by atoms with Gasteiger partial charge in [-0.1, -0.05) is 29.8 Å². The highest BCUT2D eigenvalue weighted by Gasteiger charge is 2.16. The normalized spacial score (nSPS) is 13.4. The lowest BCUT2D eigenvalue weighted by atomic mass is 9.97. The SMILES string of the molecule is CCN(C(=O)c1ccc(NC(=O)CNCCC2=CCCCC2)cc1)c1ccccc1. The molecule has 0 heterocycles. The van der Waals surface area contributed by atoms with Gasteiger partial charge in [0.2, 0.25) is 5.91 Å². The van der Waals surface area contributed by atoms with Gasteiger partial charge in [-0.25, -0.2) is 0 Å². The Morgan fingerprint density at radius 1 is 1.00 bits per heavy atom. The van der Waals surface area contributed by atoms with Crippen molar-refractivity contribution in [3.63, 3.8) is 0 Å². The molecule has 0 unspecified atom stereocenters. The molecule has 0 saturated heterocycles. The Bertz CT molecular complexity index is 860. The molecule has 5 nitrogen and oxygen atoms in total. The van der Waals surface area contributed by atoms with E-state index in [2.05, 4.69) is 16.7 Å². The van der Waals surface area contributed by atoms with Gasteiger partial charge in [0.25, 0.3) is 5.91 Å². The number of nitrogens with zero attached hydrogens (tertiary/aromatic N) is 1. The molecule has 1 aliphatic carbocycles. The van der Waals surface area contributed by atoms with Crippen LogP contribution in [0.1, 0.15) is 49.4 Å². The van der Waals surface area contributed by atoms with E-state index in [1.165, 1.54) is 31.3 Å². The number of hydrogen-bond donors (Lipinski definition) is 2. The quantitative estimate of drug-likeness (QED) is 0.467. The number of rotatable bonds is 9. The number of para-hydroxylation sites is 1. The van der Waals surface area contributed by atoms with E-state index in [0.29, 0.717) is 17.8 Å². The molecule has 2 N–H and O–H groups in total. The molecule has 1 aliphatic rings. The number of carbonyl (C=O) groups excluding carboxylic acids is 2. The fraction of sp³-hybridized carbons (Fsp3) is 0.360. The Balaban J connectivity index is 1.47. The summed E-state index contributed by atoms with van der Waals surface area (Å²) in [7, 11) is 0. The topological polar surface area (TPSA) is 61.4 Å². The summed E-state index contributed by atoms with van der Waals surface area (Å²) in [4.78, 5) is 26.7. The summed E-state index contributed by atoms with van der Waals surface area (Å²) in [5.41, 5.74) is 3.66. The van der Waals surface area contributed by atoms with Crippen molar-refractivity contribution in [2.75, 3.05) is 29.9 Å². The maximum Gasteiger partial charge on any atom is 0.258 e. The molecule has 0 spiro atoms. The number of hydrogen-bond acceptors (Lipinski definition) is 3. The van der Waals surface area contributed by atoms with Gasteiger partial charge in [0.05, 0.1) is 6.54 Å². The van der Waals surface area contributed by atoms with Crippen LogP contribution in [0.4, 0.5) is 11.4 Å². The predicted octanol–water partition coefficient (Wildman–Crippen LogP) is 4.77. The average Bonchev–Trinajstić information content (AvgIpc) is 2.79. The molecule has 2 amide bonds. The minimum Gasteiger partial charge on any atom is -0.325 e. The molecule has 0 bridgehead atoms. The number of allylic oxidation sites excluding steroid dienone is 1. The Hall–Kier alpha value is -2.92. The van der Waals surface area contributed by atoms with Gasteiger partial charge in [-0.15, -0.1) is 0 Å². The summed E-state index contributed by atoms with van der Waals surface area (Å²) in [6.45, 7) is 3.64. The molecule has 30 heavy (non-hydrogen) atoms. The van der Waals surface area contributed by atoms with Crippen LogP contribution in [-0.2, 0) is 4.79 Å². The average molecular weight is 406 g/mol. The zero-order valence-electron chi connectivity index (χ0n) is 17.7. The molecule has 3 rings (SSSR count). The lowest BCUT2D eigenvalue weighted by Gasteiger charge is -2.21. The first-order valence-corrected chi connectivity index (χ1v) is 10.8. The first kappa shape index (κ1) is 21.8. The smallest absolute Gasteiger partial charge is 0.258 e. The van der Waals surface area contributed by atoms with Gasteiger partial charge >= 0.3 is 0 Å². The maximum absolute atomic E-state index is 12.8. The number of carbonyl (C=O) groups is 2. The van der Waals surface area contributed by atoms with Crippen molar-refractivity contribution in [1.29, 1.82) is 0 Å². The van der Waals surface area contributed by atoms with Crippen LogP contribution < -0.4 is 15.5 Å². The zero-order chi connectivity index (χ0) is 21.2. The van der Waals surface area contributed by atoms with E-state index < -0.39 is 0 Å². The molecule has 5 heteroatoms. The highest BCUT2D eigenvalue weighted by atomic mass is 16.2. The Morgan fingerprint density at radius 3 is 2.43 bits per heavy atom. The summed E-state index contributed by atoms with van der Waals surface area (Å²) in [6, 6.07) is 16.7. The Kier molecular flexibility index (Phi) is 8.21. The summed E-state index contributed by atoms with van der Waals surface area (Å²) in [6.07, 6.45) is 8.32. The van der Waals surface area contributed by atoms with Crippen LogP contribution in [0.15, 0.2) is 66.2 Å². The fourth-order valence-electron chi connectivity index (χ4n) is 3.69. The second-order valence-corrected chi connectivity index (χ2v) is 7.55. The molecule has 2 aromatic carbocycles. The monoisotopic (exact) mass is 405 g/mol. The van der Waals surface area contributed by atoms with E-state index in [4.69, 9.17) is 0 Å². The second-order valence-electron chi connectivity index (χ2n) is 7.55. The molecule has 0 saturated carbocycles. The molecular formula is C25H31N3O2. The number of nitrogens with one attached hydrogen (secondary N) is 2. The first-order valence-electron chi connectivity index (χ1n) is 10.8. The minimum atomic E-state index is -0.0776. The van der Waals surface area contributed by atoms with Gasteiger partial charge in [0, 0.05) is 23.5 Å². The lowest BCUT2D eigenvalue weighted by Crippen LogP contribution is -2.30. The second kappa shape index (κ2) is 11.3. The zero-order valence-corrected chi connectivity index (χ0v) is 17.7. The van der Waals surface area contributed by atoms with Crippen LogP contribution in [-0.4, -0.2) is 31.4 Å². The van der Waals surface area contributed by atoms with Crippen molar-refractivity contribution in [2.24, 2.45) is 0 Å². The van der Waals surface area contributed by atoms with Crippen molar-refractivity contribution >= 4 is 23.2 Å². The first-order chi connectivity index (χ1) is 14.7. The van der Waals surface area contributed by atoms with Crippen molar-refractivity contribution in [3.8, 4) is 0 Å². The van der Waals surface area contributed by atoms with Crippen LogP contribution in [0.5, 0.6) is 0 Å². The molecular weight excluding hydrogens is 374 g/mol. The van der Waals surface area contributed by atoms with Crippen LogP contribution in [0, 0.1) is 0 Å². The summed E-state index contributed by atoms with van der Waals surface area (Å²) in [5, 5.41) is 6.09. The van der Waals surface area contributed by atoms with Crippen molar-refractivity contribution < 1.29 is 9.59 Å². The highest BCUT2D eigenvalue weighted by molar-refractivity contribution is 6.06. The number of anilines is 2. The molecule has 0 radical (unpaired) electrons. The summed E-state index contributed by atoms with van der Waals surface area (Å²) in [5.74, 6) is -0.133. The third kappa shape index (κ3) is 6.29. The van der Waals surface area contributed by atoms with Gasteiger partial charge in [0.15, 0.2) is 0 Å². The van der Waals surface area contributed by atoms with Crippen LogP contribution in [0.25, 0.3) is 0 Å². The van der Waals surface area contributed by atoms with E-state index in [-0.39, 0.29) is 18.4 Å². The summed E-state index contributed by atoms with van der Waals surface area (Å²) < 4.78 is 0. The van der Waals surface area contributed by atoms with Gasteiger partial charge in [-0.05, 0) is 82.0 Å². The van der Waals surface area contributed by atoms with Crippen molar-refractivity contribution in [2.45, 2.75) is 39.0 Å². The summed E-state index contributed by atoms with van der Waals surface area (Å²) >= 11 is 0. The maximum atomic E-state index is 12.8. The fourth-order valence-corrected chi connectivity index (χ4v) is 3.69. The van der Waals surface area contributed by atoms with E-state index in [1.807, 2.05) is 37.3 Å². The third-order valence-electron chi connectivity index (χ3n) is 5.34. The van der Waals surface area contributed by atoms with E-state index >= 15 is 0 Å². The standard InChI is InChI=1S/C25H31N3O2/c1-2-28(23-11-7-4-8-12-23)25(30)21-13-15-22(16-14-21)27-24(29)19-26-18-17-20-9-5-3-6-10-20/h4,7-9,11-16,26H,2-3,5-6,10,17-19H2,1H3,(H,27,29). The van der Waals surface area contributed by atoms with Gasteiger partial charge in [0.1, 0.15) is 0 Å². The number of benzene rings is 2. The molecule has 0 aromatic heterocycles.